The van der Waals surface area contributed by atoms with Gasteiger partial charge in [0, 0.05) is 37.0 Å². The van der Waals surface area contributed by atoms with Gasteiger partial charge in [0.2, 0.25) is 0 Å². The number of aryl methyl sites for hydroxylation is 1. The Bertz CT molecular complexity index is 499. The van der Waals surface area contributed by atoms with Gasteiger partial charge in [-0.25, -0.2) is 4.98 Å². The summed E-state index contributed by atoms with van der Waals surface area (Å²) in [6.07, 6.45) is 7.76. The van der Waals surface area contributed by atoms with Crippen LogP contribution in [0.25, 0.3) is 0 Å². The summed E-state index contributed by atoms with van der Waals surface area (Å²) in [5.74, 6) is 2.14. The first kappa shape index (κ1) is 13.9. The minimum atomic E-state index is 0.478. The van der Waals surface area contributed by atoms with E-state index in [9.17, 15) is 0 Å². The summed E-state index contributed by atoms with van der Waals surface area (Å²) in [5.41, 5.74) is 1.23. The molecule has 2 aromatic rings. The average molecular weight is 261 g/mol. The largest absolute Gasteiger partial charge is 0.467 e. The molecule has 0 bridgehead atoms. The zero-order valence-corrected chi connectivity index (χ0v) is 12.0. The first-order valence-corrected chi connectivity index (χ1v) is 6.99. The summed E-state index contributed by atoms with van der Waals surface area (Å²) in [7, 11) is 0. The molecule has 2 heterocycles. The number of nitrogens with one attached hydrogen (secondary N) is 1. The van der Waals surface area contributed by atoms with Crippen LogP contribution in [0.1, 0.15) is 44.3 Å². The molecule has 0 radical (unpaired) electrons. The van der Waals surface area contributed by atoms with E-state index in [-0.39, 0.29) is 0 Å². The van der Waals surface area contributed by atoms with Crippen LogP contribution in [-0.4, -0.2) is 15.6 Å². The Kier molecular flexibility index (Phi) is 4.80. The predicted molar refractivity (Wildman–Crippen MR) is 76.0 cm³/mol. The molecule has 0 atom stereocenters. The third-order valence-electron chi connectivity index (χ3n) is 3.13. The number of rotatable bonds is 7. The molecule has 1 N–H and O–H groups in total. The molecule has 0 amide bonds. The van der Waals surface area contributed by atoms with Crippen LogP contribution in [0.5, 0.6) is 0 Å². The van der Waals surface area contributed by atoms with Gasteiger partial charge in [-0.15, -0.1) is 0 Å². The summed E-state index contributed by atoms with van der Waals surface area (Å²) in [6.45, 7) is 8.08. The number of hydrogen-bond donors (Lipinski definition) is 1. The summed E-state index contributed by atoms with van der Waals surface area (Å²) in [5, 5.41) is 3.42. The molecule has 0 saturated carbocycles. The second kappa shape index (κ2) is 6.57. The number of furan rings is 1. The van der Waals surface area contributed by atoms with Crippen LogP contribution in [-0.2, 0) is 19.5 Å². The van der Waals surface area contributed by atoms with E-state index in [1.54, 1.807) is 6.26 Å². The van der Waals surface area contributed by atoms with E-state index in [4.69, 9.17) is 4.42 Å². The van der Waals surface area contributed by atoms with Crippen LogP contribution in [0.4, 0.5) is 0 Å². The van der Waals surface area contributed by atoms with Crippen LogP contribution in [0.15, 0.2) is 29.1 Å². The summed E-state index contributed by atoms with van der Waals surface area (Å²) >= 11 is 0. The number of aromatic nitrogens is 2. The van der Waals surface area contributed by atoms with Gasteiger partial charge < -0.3 is 14.3 Å². The third-order valence-corrected chi connectivity index (χ3v) is 3.13. The van der Waals surface area contributed by atoms with Gasteiger partial charge in [0.15, 0.2) is 0 Å². The van der Waals surface area contributed by atoms with Crippen molar-refractivity contribution in [1.82, 2.24) is 14.9 Å². The van der Waals surface area contributed by atoms with Gasteiger partial charge in [-0.05, 0) is 12.5 Å². The van der Waals surface area contributed by atoms with E-state index in [1.165, 1.54) is 5.56 Å². The van der Waals surface area contributed by atoms with E-state index in [0.29, 0.717) is 6.04 Å². The predicted octanol–water partition coefficient (Wildman–Crippen LogP) is 2.97. The van der Waals surface area contributed by atoms with Crippen LogP contribution in [0.3, 0.4) is 0 Å². The maximum absolute atomic E-state index is 5.61. The molecule has 104 valence electrons. The van der Waals surface area contributed by atoms with Crippen molar-refractivity contribution in [2.24, 2.45) is 0 Å². The van der Waals surface area contributed by atoms with Gasteiger partial charge in [-0.3, -0.25) is 0 Å². The molecule has 4 heteroatoms. The highest BCUT2D eigenvalue weighted by molar-refractivity contribution is 5.18. The van der Waals surface area contributed by atoms with Gasteiger partial charge in [0.25, 0.3) is 0 Å². The minimum Gasteiger partial charge on any atom is -0.467 e. The molecule has 19 heavy (non-hydrogen) atoms. The second-order valence-electron chi connectivity index (χ2n) is 5.13. The Balaban J connectivity index is 2.06. The normalized spacial score (nSPS) is 11.4. The molecule has 2 rings (SSSR count). The van der Waals surface area contributed by atoms with Crippen molar-refractivity contribution in [3.05, 3.63) is 41.9 Å². The number of nitrogens with zero attached hydrogens (tertiary/aromatic N) is 2. The lowest BCUT2D eigenvalue weighted by atomic mass is 10.2. The van der Waals surface area contributed by atoms with Crippen LogP contribution >= 0.6 is 0 Å². The highest BCUT2D eigenvalue weighted by Crippen LogP contribution is 2.14. The van der Waals surface area contributed by atoms with Gasteiger partial charge in [-0.2, -0.15) is 0 Å². The fourth-order valence-electron chi connectivity index (χ4n) is 2.07. The first-order chi connectivity index (χ1) is 9.20. The lowest BCUT2D eigenvalue weighted by Crippen LogP contribution is -2.22. The Morgan fingerprint density at radius 3 is 3.00 bits per heavy atom. The van der Waals surface area contributed by atoms with Crippen molar-refractivity contribution in [2.75, 3.05) is 0 Å². The molecule has 4 nitrogen and oxygen atoms in total. The van der Waals surface area contributed by atoms with Crippen molar-refractivity contribution in [1.29, 1.82) is 0 Å². The van der Waals surface area contributed by atoms with E-state index < -0.39 is 0 Å². The van der Waals surface area contributed by atoms with Crippen molar-refractivity contribution in [3.63, 3.8) is 0 Å². The lowest BCUT2D eigenvalue weighted by Gasteiger charge is -2.10. The molecule has 0 unspecified atom stereocenters. The fraction of sp³-hybridized carbons (Fsp3) is 0.533. The molecule has 0 aliphatic carbocycles. The van der Waals surface area contributed by atoms with E-state index in [0.717, 1.165) is 37.5 Å². The van der Waals surface area contributed by atoms with Gasteiger partial charge in [0.05, 0.1) is 12.8 Å². The van der Waals surface area contributed by atoms with E-state index >= 15 is 0 Å². The number of hydrogen-bond acceptors (Lipinski definition) is 3. The Morgan fingerprint density at radius 2 is 2.26 bits per heavy atom. The smallest absolute Gasteiger partial charge is 0.127 e. The molecule has 0 spiro atoms. The van der Waals surface area contributed by atoms with E-state index in [1.807, 2.05) is 18.5 Å². The topological polar surface area (TPSA) is 43.0 Å². The molecule has 0 saturated heterocycles. The van der Waals surface area contributed by atoms with Gasteiger partial charge in [-0.1, -0.05) is 20.8 Å². The highest BCUT2D eigenvalue weighted by Gasteiger charge is 2.09. The lowest BCUT2D eigenvalue weighted by molar-refractivity contribution is 0.477. The van der Waals surface area contributed by atoms with E-state index in [2.05, 4.69) is 35.6 Å². The molecular formula is C15H23N3O. The molecule has 0 aliphatic heterocycles. The summed E-state index contributed by atoms with van der Waals surface area (Å²) in [6, 6.07) is 2.52. The summed E-state index contributed by atoms with van der Waals surface area (Å²) < 4.78 is 7.78. The second-order valence-corrected chi connectivity index (χ2v) is 5.13. The van der Waals surface area contributed by atoms with Crippen molar-refractivity contribution in [2.45, 2.75) is 52.7 Å². The van der Waals surface area contributed by atoms with Crippen LogP contribution in [0.2, 0.25) is 0 Å². The average Bonchev–Trinajstić information content (AvgIpc) is 2.98. The highest BCUT2D eigenvalue weighted by atomic mass is 16.3. The first-order valence-electron chi connectivity index (χ1n) is 6.99. The SMILES string of the molecule is CCCc1nccn1Cc1occc1CNC(C)C. The third kappa shape index (κ3) is 3.70. The molecule has 0 aliphatic rings. The summed E-state index contributed by atoms with van der Waals surface area (Å²) in [4.78, 5) is 4.40. The van der Waals surface area contributed by atoms with Gasteiger partial charge >= 0.3 is 0 Å². The van der Waals surface area contributed by atoms with Crippen molar-refractivity contribution >= 4 is 0 Å². The standard InChI is InChI=1S/C15H23N3O/c1-4-5-15-16-7-8-18(15)11-14-13(6-9-19-14)10-17-12(2)3/h6-9,12,17H,4-5,10-11H2,1-3H3. The van der Waals surface area contributed by atoms with Crippen molar-refractivity contribution < 1.29 is 4.42 Å². The van der Waals surface area contributed by atoms with Gasteiger partial charge in [0.1, 0.15) is 11.6 Å². The fourth-order valence-corrected chi connectivity index (χ4v) is 2.07. The van der Waals surface area contributed by atoms with Crippen LogP contribution < -0.4 is 5.32 Å². The zero-order valence-electron chi connectivity index (χ0n) is 12.0. The Morgan fingerprint density at radius 1 is 1.42 bits per heavy atom. The number of imidazole rings is 1. The maximum atomic E-state index is 5.61. The maximum Gasteiger partial charge on any atom is 0.127 e. The van der Waals surface area contributed by atoms with Crippen molar-refractivity contribution in [3.8, 4) is 0 Å². The zero-order chi connectivity index (χ0) is 13.7. The Labute approximate surface area is 114 Å². The molecule has 0 fully saturated rings. The molecule has 2 aromatic heterocycles. The molecule has 0 aromatic carbocycles. The minimum absolute atomic E-state index is 0.478. The molecular weight excluding hydrogens is 238 g/mol. The Hall–Kier alpha value is -1.55. The monoisotopic (exact) mass is 261 g/mol. The quantitative estimate of drug-likeness (QED) is 0.833. The van der Waals surface area contributed by atoms with Crippen LogP contribution in [0, 0.1) is 0 Å².